The Morgan fingerprint density at radius 3 is 2.86 bits per heavy atom. The van der Waals surface area contributed by atoms with Crippen LogP contribution in [0.5, 0.6) is 0 Å². The number of carbonyl (C=O) groups is 1. The van der Waals surface area contributed by atoms with Crippen molar-refractivity contribution in [2.75, 3.05) is 25.2 Å². The maximum Gasteiger partial charge on any atom is 0.315 e. The summed E-state index contributed by atoms with van der Waals surface area (Å²) in [6.07, 6.45) is 2.27. The van der Waals surface area contributed by atoms with Crippen molar-refractivity contribution in [3.63, 3.8) is 0 Å². The summed E-state index contributed by atoms with van der Waals surface area (Å²) in [6.45, 7) is 5.41. The van der Waals surface area contributed by atoms with Crippen molar-refractivity contribution >= 4 is 17.7 Å². The van der Waals surface area contributed by atoms with Gasteiger partial charge in [-0.05, 0) is 32.1 Å². The molecular weight excluding hydrogens is 198 g/mol. The summed E-state index contributed by atoms with van der Waals surface area (Å²) in [5, 5.41) is 3.40. The largest absolute Gasteiger partial charge is 0.468 e. The van der Waals surface area contributed by atoms with Crippen LogP contribution in [-0.4, -0.2) is 37.2 Å². The molecule has 84 valence electrons. The molecule has 0 rings (SSSR count). The lowest BCUT2D eigenvalue weighted by Crippen LogP contribution is -2.27. The molecule has 0 aromatic rings. The molecule has 0 saturated carbocycles. The predicted octanol–water partition coefficient (Wildman–Crippen LogP) is 1.67. The number of rotatable bonds is 8. The third-order valence-electron chi connectivity index (χ3n) is 1.89. The van der Waals surface area contributed by atoms with E-state index in [-0.39, 0.29) is 5.97 Å². The number of ether oxygens (including phenoxy) is 1. The lowest BCUT2D eigenvalue weighted by Gasteiger charge is -2.12. The molecule has 4 heteroatoms. The topological polar surface area (TPSA) is 38.3 Å². The molecule has 1 N–H and O–H groups in total. The van der Waals surface area contributed by atoms with E-state index < -0.39 is 0 Å². The molecule has 0 amide bonds. The molecule has 0 aromatic carbocycles. The van der Waals surface area contributed by atoms with Gasteiger partial charge in [0.1, 0.15) is 0 Å². The molecule has 1 atom stereocenters. The van der Waals surface area contributed by atoms with Crippen molar-refractivity contribution in [1.82, 2.24) is 5.32 Å². The number of methoxy groups -OCH3 is 1. The average Bonchev–Trinajstić information content (AvgIpc) is 2.21. The molecule has 0 aromatic heterocycles. The number of carbonyl (C=O) groups excluding carboxylic acids is 1. The summed E-state index contributed by atoms with van der Waals surface area (Å²) in [7, 11) is 1.42. The molecule has 3 nitrogen and oxygen atoms in total. The average molecular weight is 219 g/mol. The maximum atomic E-state index is 10.8. The molecule has 0 aliphatic carbocycles. The molecule has 0 aliphatic rings. The van der Waals surface area contributed by atoms with Crippen molar-refractivity contribution < 1.29 is 9.53 Å². The Morgan fingerprint density at radius 1 is 1.57 bits per heavy atom. The van der Waals surface area contributed by atoms with Crippen molar-refractivity contribution in [1.29, 1.82) is 0 Å². The standard InChI is InChI=1S/C10H21NO2S/c1-4-6-11-9(2)5-7-14-8-10(12)13-3/h9,11H,4-8H2,1-3H3. The van der Waals surface area contributed by atoms with Crippen LogP contribution in [0.1, 0.15) is 26.7 Å². The van der Waals surface area contributed by atoms with Gasteiger partial charge in [0.05, 0.1) is 12.9 Å². The van der Waals surface area contributed by atoms with Crippen LogP contribution >= 0.6 is 11.8 Å². The van der Waals surface area contributed by atoms with Crippen LogP contribution in [0.4, 0.5) is 0 Å². The summed E-state index contributed by atoms with van der Waals surface area (Å²) in [5.41, 5.74) is 0. The van der Waals surface area contributed by atoms with Gasteiger partial charge in [-0.2, -0.15) is 11.8 Å². The van der Waals surface area contributed by atoms with Crippen LogP contribution < -0.4 is 5.32 Å². The lowest BCUT2D eigenvalue weighted by atomic mass is 10.2. The third-order valence-corrected chi connectivity index (χ3v) is 2.85. The summed E-state index contributed by atoms with van der Waals surface area (Å²) < 4.78 is 4.55. The molecule has 0 spiro atoms. The molecule has 0 aliphatic heterocycles. The van der Waals surface area contributed by atoms with E-state index in [0.717, 1.165) is 18.7 Å². The summed E-state index contributed by atoms with van der Waals surface area (Å²) in [6, 6.07) is 0.542. The van der Waals surface area contributed by atoms with E-state index in [4.69, 9.17) is 0 Å². The molecule has 0 heterocycles. The SMILES string of the molecule is CCCNC(C)CCSCC(=O)OC. The minimum atomic E-state index is -0.135. The van der Waals surface area contributed by atoms with Gasteiger partial charge in [0.2, 0.25) is 0 Å². The highest BCUT2D eigenvalue weighted by atomic mass is 32.2. The van der Waals surface area contributed by atoms with Crippen LogP contribution in [0.25, 0.3) is 0 Å². The van der Waals surface area contributed by atoms with E-state index >= 15 is 0 Å². The molecule has 0 fully saturated rings. The minimum Gasteiger partial charge on any atom is -0.468 e. The van der Waals surface area contributed by atoms with E-state index in [0.29, 0.717) is 11.8 Å². The molecule has 14 heavy (non-hydrogen) atoms. The fourth-order valence-corrected chi connectivity index (χ4v) is 1.92. The van der Waals surface area contributed by atoms with Gasteiger partial charge in [-0.15, -0.1) is 0 Å². The number of nitrogens with one attached hydrogen (secondary N) is 1. The Bertz CT molecular complexity index is 153. The maximum absolute atomic E-state index is 10.8. The molecule has 0 saturated heterocycles. The van der Waals surface area contributed by atoms with Gasteiger partial charge in [-0.3, -0.25) is 4.79 Å². The number of hydrogen-bond acceptors (Lipinski definition) is 4. The highest BCUT2D eigenvalue weighted by molar-refractivity contribution is 7.99. The smallest absolute Gasteiger partial charge is 0.315 e. The first-order valence-corrected chi connectivity index (χ1v) is 6.24. The van der Waals surface area contributed by atoms with Crippen LogP contribution in [0.2, 0.25) is 0 Å². The summed E-state index contributed by atoms with van der Waals surface area (Å²) in [4.78, 5) is 10.8. The Kier molecular flexibility index (Phi) is 9.19. The Hall–Kier alpha value is -0.220. The van der Waals surface area contributed by atoms with Gasteiger partial charge in [0, 0.05) is 6.04 Å². The molecule has 0 bridgehead atoms. The Balaban J connectivity index is 3.22. The predicted molar refractivity (Wildman–Crippen MR) is 61.7 cm³/mol. The first-order chi connectivity index (χ1) is 6.70. The second kappa shape index (κ2) is 9.34. The first-order valence-electron chi connectivity index (χ1n) is 5.08. The number of esters is 1. The summed E-state index contributed by atoms with van der Waals surface area (Å²) >= 11 is 1.63. The van der Waals surface area contributed by atoms with Gasteiger partial charge < -0.3 is 10.1 Å². The van der Waals surface area contributed by atoms with Gasteiger partial charge >= 0.3 is 5.97 Å². The van der Waals surface area contributed by atoms with Crippen LogP contribution in [0.15, 0.2) is 0 Å². The quantitative estimate of drug-likeness (QED) is 0.498. The van der Waals surface area contributed by atoms with E-state index in [2.05, 4.69) is 23.9 Å². The van der Waals surface area contributed by atoms with E-state index in [1.165, 1.54) is 13.5 Å². The van der Waals surface area contributed by atoms with Crippen molar-refractivity contribution in [3.05, 3.63) is 0 Å². The first kappa shape index (κ1) is 13.8. The molecular formula is C10H21NO2S. The zero-order chi connectivity index (χ0) is 10.8. The van der Waals surface area contributed by atoms with Crippen molar-refractivity contribution in [2.45, 2.75) is 32.7 Å². The highest BCUT2D eigenvalue weighted by Gasteiger charge is 2.02. The molecule has 0 radical (unpaired) electrons. The summed E-state index contributed by atoms with van der Waals surface area (Å²) in [5.74, 6) is 1.34. The third kappa shape index (κ3) is 8.38. The van der Waals surface area contributed by atoms with Gasteiger partial charge in [-0.1, -0.05) is 6.92 Å². The number of thioether (sulfide) groups is 1. The monoisotopic (exact) mass is 219 g/mol. The second-order valence-electron chi connectivity index (χ2n) is 3.27. The fourth-order valence-electron chi connectivity index (χ4n) is 0.967. The normalized spacial score (nSPS) is 12.5. The van der Waals surface area contributed by atoms with Gasteiger partial charge in [0.25, 0.3) is 0 Å². The van der Waals surface area contributed by atoms with E-state index in [1.54, 1.807) is 11.8 Å². The lowest BCUT2D eigenvalue weighted by molar-refractivity contribution is -0.137. The highest BCUT2D eigenvalue weighted by Crippen LogP contribution is 2.05. The van der Waals surface area contributed by atoms with Gasteiger partial charge in [-0.25, -0.2) is 0 Å². The fraction of sp³-hybridized carbons (Fsp3) is 0.900. The van der Waals surface area contributed by atoms with Crippen LogP contribution in [-0.2, 0) is 9.53 Å². The van der Waals surface area contributed by atoms with Crippen LogP contribution in [0, 0.1) is 0 Å². The van der Waals surface area contributed by atoms with E-state index in [9.17, 15) is 4.79 Å². The molecule has 1 unspecified atom stereocenters. The van der Waals surface area contributed by atoms with Crippen molar-refractivity contribution in [3.8, 4) is 0 Å². The Morgan fingerprint density at radius 2 is 2.29 bits per heavy atom. The van der Waals surface area contributed by atoms with Crippen LogP contribution in [0.3, 0.4) is 0 Å². The second-order valence-corrected chi connectivity index (χ2v) is 4.38. The Labute approximate surface area is 91.0 Å². The van der Waals surface area contributed by atoms with Gasteiger partial charge in [0.15, 0.2) is 0 Å². The van der Waals surface area contributed by atoms with E-state index in [1.807, 2.05) is 0 Å². The van der Waals surface area contributed by atoms with Crippen molar-refractivity contribution in [2.24, 2.45) is 0 Å². The zero-order valence-electron chi connectivity index (χ0n) is 9.34. The number of hydrogen-bond donors (Lipinski definition) is 1. The zero-order valence-corrected chi connectivity index (χ0v) is 10.2. The minimum absolute atomic E-state index is 0.135.